The lowest BCUT2D eigenvalue weighted by molar-refractivity contribution is -0.143. The van der Waals surface area contributed by atoms with E-state index in [1.54, 1.807) is 30.3 Å². The maximum absolute atomic E-state index is 14.3. The predicted octanol–water partition coefficient (Wildman–Crippen LogP) is 2.14. The quantitative estimate of drug-likeness (QED) is 0.226. The Morgan fingerprint density at radius 3 is 2.33 bits per heavy atom. The maximum atomic E-state index is 14.3. The number of carbonyl (C=O) groups excluding carboxylic acids is 3. The van der Waals surface area contributed by atoms with Gasteiger partial charge in [0.1, 0.15) is 5.76 Å². The number of Topliss-reactive ketones (excluding diaryl/α,β-unsaturated/α-hetero) is 1. The highest BCUT2D eigenvalue weighted by Gasteiger charge is 2.66. The first-order valence-corrected chi connectivity index (χ1v) is 14.6. The van der Waals surface area contributed by atoms with E-state index < -0.39 is 38.9 Å². The second-order valence-electron chi connectivity index (χ2n) is 10.4. The minimum atomic E-state index is -3.70. The van der Waals surface area contributed by atoms with Crippen molar-refractivity contribution in [2.75, 3.05) is 51.7 Å². The molecule has 3 aliphatic heterocycles. The van der Waals surface area contributed by atoms with Crippen LogP contribution in [-0.2, 0) is 29.9 Å². The molecule has 10 nitrogen and oxygen atoms in total. The highest BCUT2D eigenvalue weighted by Crippen LogP contribution is 2.53. The summed E-state index contributed by atoms with van der Waals surface area (Å²) in [5, 5.41) is 11.6. The number of aliphatic hydroxyl groups is 1. The average molecular weight is 565 g/mol. The molecule has 0 aliphatic carbocycles. The molecule has 3 heterocycles. The molecule has 2 aromatic carbocycles. The predicted molar refractivity (Wildman–Crippen MR) is 150 cm³/mol. The summed E-state index contributed by atoms with van der Waals surface area (Å²) in [5.41, 5.74) is -1.17. The van der Waals surface area contributed by atoms with Gasteiger partial charge < -0.3 is 19.8 Å². The number of hydrogen-bond acceptors (Lipinski definition) is 7. The van der Waals surface area contributed by atoms with E-state index >= 15 is 0 Å². The Balaban J connectivity index is 1.69. The third kappa shape index (κ3) is 4.07. The van der Waals surface area contributed by atoms with E-state index in [9.17, 15) is 27.9 Å². The van der Waals surface area contributed by atoms with Gasteiger partial charge in [0.15, 0.2) is 5.54 Å². The molecule has 2 aromatic rings. The number of sulfonamides is 1. The normalized spacial score (nSPS) is 22.6. The van der Waals surface area contributed by atoms with E-state index in [2.05, 4.69) is 6.58 Å². The number of benzene rings is 2. The van der Waals surface area contributed by atoms with E-state index in [1.807, 2.05) is 19.0 Å². The minimum Gasteiger partial charge on any atom is -0.507 e. The molecule has 0 saturated carbocycles. The van der Waals surface area contributed by atoms with Crippen molar-refractivity contribution in [1.29, 1.82) is 0 Å². The molecule has 40 heavy (non-hydrogen) atoms. The second kappa shape index (κ2) is 10.3. The zero-order chi connectivity index (χ0) is 28.8. The van der Waals surface area contributed by atoms with Crippen molar-refractivity contribution in [2.24, 2.45) is 0 Å². The third-order valence-electron chi connectivity index (χ3n) is 7.72. The van der Waals surface area contributed by atoms with Gasteiger partial charge in [-0.3, -0.25) is 14.4 Å². The van der Waals surface area contributed by atoms with Gasteiger partial charge in [0.2, 0.25) is 10.0 Å². The maximum Gasteiger partial charge on any atom is 0.296 e. The fraction of sp³-hybridized carbons (Fsp3) is 0.345. The molecule has 0 aromatic heterocycles. The van der Waals surface area contributed by atoms with Crippen LogP contribution in [0.25, 0.3) is 5.76 Å². The number of nitrogens with zero attached hydrogens (tertiary/aromatic N) is 4. The number of ketones is 1. The van der Waals surface area contributed by atoms with E-state index in [1.165, 1.54) is 38.4 Å². The molecule has 2 fully saturated rings. The number of hydrogen-bond donors (Lipinski definition) is 1. The summed E-state index contributed by atoms with van der Waals surface area (Å²) in [6.45, 7) is 5.21. The van der Waals surface area contributed by atoms with Crippen LogP contribution in [0.1, 0.15) is 24.0 Å². The Morgan fingerprint density at radius 2 is 1.70 bits per heavy atom. The van der Waals surface area contributed by atoms with Gasteiger partial charge in [0.25, 0.3) is 17.6 Å². The van der Waals surface area contributed by atoms with Crippen molar-refractivity contribution in [2.45, 2.75) is 23.3 Å². The Bertz CT molecular complexity index is 1530. The van der Waals surface area contributed by atoms with Crippen LogP contribution < -0.4 is 4.90 Å². The number of anilines is 1. The van der Waals surface area contributed by atoms with E-state index in [0.29, 0.717) is 30.9 Å². The zero-order valence-electron chi connectivity index (χ0n) is 22.5. The fourth-order valence-electron chi connectivity index (χ4n) is 5.78. The minimum absolute atomic E-state index is 0.0589. The lowest BCUT2D eigenvalue weighted by Crippen LogP contribution is -2.53. The second-order valence-corrected chi connectivity index (χ2v) is 12.3. The summed E-state index contributed by atoms with van der Waals surface area (Å²) in [5.74, 6) is -2.95. The van der Waals surface area contributed by atoms with E-state index in [4.69, 9.17) is 0 Å². The molecule has 3 aliphatic rings. The number of amides is 2. The van der Waals surface area contributed by atoms with Gasteiger partial charge in [-0.1, -0.05) is 24.3 Å². The van der Waals surface area contributed by atoms with Gasteiger partial charge in [0, 0.05) is 43.9 Å². The number of carbonyl (C=O) groups is 3. The average Bonchev–Trinajstić information content (AvgIpc) is 3.62. The monoisotopic (exact) mass is 564 g/mol. The number of likely N-dealkylation sites (N-methyl/N-ethyl adjacent to an activating group) is 1. The van der Waals surface area contributed by atoms with Crippen molar-refractivity contribution in [3.05, 3.63) is 77.9 Å². The number of rotatable bonds is 8. The van der Waals surface area contributed by atoms with E-state index in [-0.39, 0.29) is 29.1 Å². The third-order valence-corrected chi connectivity index (χ3v) is 9.64. The molecule has 5 rings (SSSR count). The van der Waals surface area contributed by atoms with Crippen LogP contribution in [-0.4, -0.2) is 92.0 Å². The first kappa shape index (κ1) is 27.8. The van der Waals surface area contributed by atoms with Gasteiger partial charge >= 0.3 is 0 Å². The highest BCUT2D eigenvalue weighted by atomic mass is 32.2. The fourth-order valence-corrected chi connectivity index (χ4v) is 7.30. The van der Waals surface area contributed by atoms with Crippen LogP contribution in [0.4, 0.5) is 5.69 Å². The lowest BCUT2D eigenvalue weighted by atomic mass is 9.82. The summed E-state index contributed by atoms with van der Waals surface area (Å²) in [4.78, 5) is 46.0. The molecular weight excluding hydrogens is 532 g/mol. The Morgan fingerprint density at radius 1 is 1.05 bits per heavy atom. The highest BCUT2D eigenvalue weighted by molar-refractivity contribution is 7.89. The van der Waals surface area contributed by atoms with Crippen molar-refractivity contribution < 1.29 is 27.9 Å². The largest absolute Gasteiger partial charge is 0.507 e. The van der Waals surface area contributed by atoms with Crippen molar-refractivity contribution in [1.82, 2.24) is 14.1 Å². The Labute approximate surface area is 233 Å². The van der Waals surface area contributed by atoms with E-state index in [0.717, 1.165) is 12.8 Å². The first-order valence-electron chi connectivity index (χ1n) is 13.1. The zero-order valence-corrected chi connectivity index (χ0v) is 23.4. The summed E-state index contributed by atoms with van der Waals surface area (Å²) in [6, 6.07) is 12.4. The van der Waals surface area contributed by atoms with Crippen LogP contribution >= 0.6 is 0 Å². The number of fused-ring (bicyclic) bond motifs is 2. The van der Waals surface area contributed by atoms with Crippen LogP contribution in [0.2, 0.25) is 0 Å². The molecule has 1 spiro atoms. The number of para-hydroxylation sites is 1. The summed E-state index contributed by atoms with van der Waals surface area (Å²) in [6.07, 6.45) is 3.15. The van der Waals surface area contributed by atoms with Crippen LogP contribution in [0.15, 0.2) is 71.7 Å². The Hall–Kier alpha value is -3.80. The SMILES string of the molecule is C=CCN1C(=O)[C@]2(C(=C(O)c3ccc(S(=O)(=O)N4CCCC4)cc3)C(=O)C(=O)N2CCN(C)C)c2ccccc21. The molecule has 0 bridgehead atoms. The standard InChI is InChI=1S/C29H32N4O6S/c1-4-15-32-23-10-6-5-9-22(23)29(28(32)37)24(26(35)27(36)33(29)19-18-30(2)3)25(34)20-11-13-21(14-12-20)40(38,39)31-16-7-8-17-31/h4-6,9-14,34H,1,7-8,15-19H2,2-3H3/t29-/m1/s1. The van der Waals surface area contributed by atoms with Gasteiger partial charge in [-0.05, 0) is 57.3 Å². The molecule has 2 amide bonds. The molecule has 0 unspecified atom stereocenters. The van der Waals surface area contributed by atoms with Gasteiger partial charge in [-0.25, -0.2) is 8.42 Å². The topological polar surface area (TPSA) is 119 Å². The molecule has 0 radical (unpaired) electrons. The molecule has 1 N–H and O–H groups in total. The summed E-state index contributed by atoms with van der Waals surface area (Å²) in [7, 11) is -0.0672. The van der Waals surface area contributed by atoms with Gasteiger partial charge in [0.05, 0.1) is 16.2 Å². The van der Waals surface area contributed by atoms with Crippen molar-refractivity contribution >= 4 is 39.1 Å². The molecule has 2 saturated heterocycles. The molecule has 1 atom stereocenters. The van der Waals surface area contributed by atoms with Crippen LogP contribution in [0.5, 0.6) is 0 Å². The number of aliphatic hydroxyl groups excluding tert-OH is 1. The molecular formula is C29H32N4O6S. The molecule has 11 heteroatoms. The van der Waals surface area contributed by atoms with Gasteiger partial charge in [-0.2, -0.15) is 4.31 Å². The smallest absolute Gasteiger partial charge is 0.296 e. The first-order chi connectivity index (χ1) is 19.1. The lowest BCUT2D eigenvalue weighted by Gasteiger charge is -2.35. The molecule has 210 valence electrons. The number of likely N-dealkylation sites (tertiary alicyclic amines) is 1. The van der Waals surface area contributed by atoms with Gasteiger partial charge in [-0.15, -0.1) is 6.58 Å². The summed E-state index contributed by atoms with van der Waals surface area (Å²) >= 11 is 0. The summed E-state index contributed by atoms with van der Waals surface area (Å²) < 4.78 is 27.4. The van der Waals surface area contributed by atoms with Crippen LogP contribution in [0.3, 0.4) is 0 Å². The van der Waals surface area contributed by atoms with Crippen molar-refractivity contribution in [3.63, 3.8) is 0 Å². The van der Waals surface area contributed by atoms with Crippen LogP contribution in [0, 0.1) is 0 Å². The Kier molecular flexibility index (Phi) is 7.15. The van der Waals surface area contributed by atoms with Crippen molar-refractivity contribution in [3.8, 4) is 0 Å².